The second-order valence-electron chi connectivity index (χ2n) is 6.01. The second kappa shape index (κ2) is 3.71. The molecule has 0 spiro atoms. The molecule has 0 saturated heterocycles. The van der Waals surface area contributed by atoms with Gasteiger partial charge in [0.2, 0.25) is 0 Å². The largest absolute Gasteiger partial charge is 0.397 e. The van der Waals surface area contributed by atoms with Crippen LogP contribution in [-0.4, -0.2) is 6.04 Å². The van der Waals surface area contributed by atoms with Crippen LogP contribution in [0.15, 0.2) is 12.1 Å². The van der Waals surface area contributed by atoms with Crippen molar-refractivity contribution in [3.8, 4) is 0 Å². The predicted octanol–water partition coefficient (Wildman–Crippen LogP) is 4.03. The number of rotatable bonds is 2. The Kier molecular flexibility index (Phi) is 2.31. The van der Waals surface area contributed by atoms with E-state index in [0.29, 0.717) is 21.8 Å². The lowest BCUT2D eigenvalue weighted by Gasteiger charge is -2.14. The maximum absolute atomic E-state index is 6.05. The molecular weight excluding hydrogens is 267 g/mol. The minimum atomic E-state index is 0.524. The molecule has 4 heteroatoms. The van der Waals surface area contributed by atoms with Gasteiger partial charge in [-0.15, -0.1) is 0 Å². The molecule has 3 N–H and O–H groups in total. The minimum absolute atomic E-state index is 0.524. The molecule has 96 valence electrons. The Morgan fingerprint density at radius 1 is 1.06 bits per heavy atom. The zero-order valence-electron chi connectivity index (χ0n) is 10.00. The molecule has 3 aliphatic carbocycles. The SMILES string of the molecule is Nc1cc(Cl)c(Cl)cc1NC1C2C3CCC(C3)C12. The van der Waals surface area contributed by atoms with Crippen molar-refractivity contribution in [2.24, 2.45) is 23.7 Å². The molecule has 1 aromatic rings. The van der Waals surface area contributed by atoms with E-state index in [0.717, 1.165) is 29.4 Å². The van der Waals surface area contributed by atoms with Gasteiger partial charge in [-0.3, -0.25) is 0 Å². The van der Waals surface area contributed by atoms with Gasteiger partial charge in [0.25, 0.3) is 0 Å². The lowest BCUT2D eigenvalue weighted by molar-refractivity contribution is 0.456. The molecule has 3 aliphatic rings. The number of benzene rings is 1. The summed E-state index contributed by atoms with van der Waals surface area (Å²) >= 11 is 12.0. The standard InChI is InChI=1S/C14H16Cl2N2/c15-8-4-10(17)11(5-9(8)16)18-14-12-6-1-2-7(3-6)13(12)14/h4-7,12-14,18H,1-3,17H2. The third-order valence-corrected chi connectivity index (χ3v) is 5.87. The second-order valence-corrected chi connectivity index (χ2v) is 6.83. The Labute approximate surface area is 117 Å². The van der Waals surface area contributed by atoms with Crippen molar-refractivity contribution in [2.75, 3.05) is 11.1 Å². The molecule has 0 aromatic heterocycles. The van der Waals surface area contributed by atoms with Crippen LogP contribution in [0.2, 0.25) is 10.0 Å². The third-order valence-electron chi connectivity index (χ3n) is 5.15. The highest BCUT2D eigenvalue weighted by atomic mass is 35.5. The van der Waals surface area contributed by atoms with E-state index in [4.69, 9.17) is 28.9 Å². The van der Waals surface area contributed by atoms with Crippen LogP contribution in [0.4, 0.5) is 11.4 Å². The first-order valence-electron chi connectivity index (χ1n) is 6.66. The molecule has 0 heterocycles. The average Bonchev–Trinajstić information content (AvgIpc) is 2.72. The molecule has 2 bridgehead atoms. The number of fused-ring (bicyclic) bond motifs is 5. The summed E-state index contributed by atoms with van der Waals surface area (Å²) in [5, 5.41) is 4.68. The summed E-state index contributed by atoms with van der Waals surface area (Å²) in [5.41, 5.74) is 7.64. The van der Waals surface area contributed by atoms with E-state index in [1.807, 2.05) is 6.07 Å². The molecule has 18 heavy (non-hydrogen) atoms. The number of nitrogen functional groups attached to an aromatic ring is 1. The molecule has 4 rings (SSSR count). The summed E-state index contributed by atoms with van der Waals surface area (Å²) in [7, 11) is 0. The van der Waals surface area contributed by atoms with Crippen LogP contribution in [0.1, 0.15) is 19.3 Å². The fraction of sp³-hybridized carbons (Fsp3) is 0.571. The summed E-state index contributed by atoms with van der Waals surface area (Å²) in [5.74, 6) is 3.69. The Morgan fingerprint density at radius 3 is 2.33 bits per heavy atom. The molecular formula is C14H16Cl2N2. The normalized spacial score (nSPS) is 39.8. The fourth-order valence-corrected chi connectivity index (χ4v) is 4.72. The highest BCUT2D eigenvalue weighted by Crippen LogP contribution is 2.66. The predicted molar refractivity (Wildman–Crippen MR) is 76.1 cm³/mol. The zero-order chi connectivity index (χ0) is 12.4. The number of halogens is 2. The van der Waals surface area contributed by atoms with Crippen molar-refractivity contribution in [3.05, 3.63) is 22.2 Å². The van der Waals surface area contributed by atoms with Gasteiger partial charge in [0.15, 0.2) is 0 Å². The van der Waals surface area contributed by atoms with Crippen LogP contribution >= 0.6 is 23.2 Å². The van der Waals surface area contributed by atoms with Gasteiger partial charge in [0, 0.05) is 6.04 Å². The molecule has 1 aromatic carbocycles. The van der Waals surface area contributed by atoms with Crippen LogP contribution in [-0.2, 0) is 0 Å². The quantitative estimate of drug-likeness (QED) is 0.804. The van der Waals surface area contributed by atoms with E-state index in [-0.39, 0.29) is 0 Å². The Morgan fingerprint density at radius 2 is 1.67 bits per heavy atom. The molecule has 0 aliphatic heterocycles. The smallest absolute Gasteiger partial charge is 0.0614 e. The average molecular weight is 283 g/mol. The Hall–Kier alpha value is -0.600. The molecule has 0 radical (unpaired) electrons. The highest BCUT2D eigenvalue weighted by molar-refractivity contribution is 6.42. The molecule has 4 unspecified atom stereocenters. The number of anilines is 2. The summed E-state index contributed by atoms with van der Waals surface area (Å²) in [6.45, 7) is 0. The monoisotopic (exact) mass is 282 g/mol. The molecule has 4 atom stereocenters. The van der Waals surface area contributed by atoms with Crippen LogP contribution in [0.3, 0.4) is 0 Å². The third kappa shape index (κ3) is 1.48. The first-order valence-corrected chi connectivity index (χ1v) is 7.42. The summed E-state index contributed by atoms with van der Waals surface area (Å²) in [6.07, 6.45) is 4.33. The minimum Gasteiger partial charge on any atom is -0.397 e. The maximum atomic E-state index is 6.05. The van der Waals surface area contributed by atoms with Crippen LogP contribution < -0.4 is 11.1 Å². The van der Waals surface area contributed by atoms with Gasteiger partial charge < -0.3 is 11.1 Å². The van der Waals surface area contributed by atoms with E-state index >= 15 is 0 Å². The van der Waals surface area contributed by atoms with Crippen LogP contribution in [0, 0.1) is 23.7 Å². The molecule has 3 fully saturated rings. The lowest BCUT2D eigenvalue weighted by atomic mass is 10.0. The van der Waals surface area contributed by atoms with Gasteiger partial charge in [-0.05, 0) is 55.1 Å². The van der Waals surface area contributed by atoms with Gasteiger partial charge in [0.05, 0.1) is 21.4 Å². The number of nitrogens with one attached hydrogen (secondary N) is 1. The van der Waals surface area contributed by atoms with Crippen molar-refractivity contribution < 1.29 is 0 Å². The van der Waals surface area contributed by atoms with Gasteiger partial charge in [-0.2, -0.15) is 0 Å². The van der Waals surface area contributed by atoms with Crippen molar-refractivity contribution in [2.45, 2.75) is 25.3 Å². The number of nitrogens with two attached hydrogens (primary N) is 1. The van der Waals surface area contributed by atoms with E-state index in [2.05, 4.69) is 5.32 Å². The maximum Gasteiger partial charge on any atom is 0.0614 e. The zero-order valence-corrected chi connectivity index (χ0v) is 11.5. The summed E-state index contributed by atoms with van der Waals surface area (Å²) in [4.78, 5) is 0. The fourth-order valence-electron chi connectivity index (χ4n) is 4.39. The van der Waals surface area contributed by atoms with Crippen molar-refractivity contribution >= 4 is 34.6 Å². The van der Waals surface area contributed by atoms with Crippen LogP contribution in [0.5, 0.6) is 0 Å². The van der Waals surface area contributed by atoms with Crippen molar-refractivity contribution in [1.29, 1.82) is 0 Å². The molecule has 2 nitrogen and oxygen atoms in total. The van der Waals surface area contributed by atoms with E-state index in [1.54, 1.807) is 6.07 Å². The van der Waals surface area contributed by atoms with Gasteiger partial charge >= 0.3 is 0 Å². The van der Waals surface area contributed by atoms with Crippen molar-refractivity contribution in [1.82, 2.24) is 0 Å². The van der Waals surface area contributed by atoms with Crippen molar-refractivity contribution in [3.63, 3.8) is 0 Å². The van der Waals surface area contributed by atoms with Gasteiger partial charge in [-0.25, -0.2) is 0 Å². The topological polar surface area (TPSA) is 38.0 Å². The van der Waals surface area contributed by atoms with Crippen LogP contribution in [0.25, 0.3) is 0 Å². The molecule has 0 amide bonds. The highest BCUT2D eigenvalue weighted by Gasteiger charge is 2.65. The van der Waals surface area contributed by atoms with Gasteiger partial charge in [-0.1, -0.05) is 23.2 Å². The Bertz CT molecular complexity index is 501. The summed E-state index contributed by atoms with van der Waals surface area (Å²) < 4.78 is 0. The number of hydrogen-bond donors (Lipinski definition) is 2. The lowest BCUT2D eigenvalue weighted by Crippen LogP contribution is -2.13. The van der Waals surface area contributed by atoms with E-state index in [9.17, 15) is 0 Å². The molecule has 3 saturated carbocycles. The Balaban J connectivity index is 1.55. The van der Waals surface area contributed by atoms with E-state index in [1.165, 1.54) is 19.3 Å². The van der Waals surface area contributed by atoms with E-state index < -0.39 is 0 Å². The van der Waals surface area contributed by atoms with Gasteiger partial charge in [0.1, 0.15) is 0 Å². The number of hydrogen-bond acceptors (Lipinski definition) is 2. The first-order chi connectivity index (χ1) is 8.65. The first kappa shape index (κ1) is 11.2. The summed E-state index contributed by atoms with van der Waals surface area (Å²) in [6, 6.07) is 4.21.